The van der Waals surface area contributed by atoms with Gasteiger partial charge < -0.3 is 4.74 Å². The van der Waals surface area contributed by atoms with Gasteiger partial charge in [-0.1, -0.05) is 6.07 Å². The highest BCUT2D eigenvalue weighted by Crippen LogP contribution is 2.28. The van der Waals surface area contributed by atoms with Gasteiger partial charge in [0.05, 0.1) is 18.1 Å². The van der Waals surface area contributed by atoms with Gasteiger partial charge in [0.2, 0.25) is 0 Å². The maximum absolute atomic E-state index is 11.5. The minimum absolute atomic E-state index is 0.0151. The van der Waals surface area contributed by atoms with Crippen LogP contribution in [-0.2, 0) is 9.05 Å². The van der Waals surface area contributed by atoms with Crippen molar-refractivity contribution in [1.82, 2.24) is 0 Å². The van der Waals surface area contributed by atoms with E-state index in [-0.39, 0.29) is 10.6 Å². The average Bonchev–Trinajstić information content (AvgIpc) is 2.35. The SMILES string of the molecule is Cc1ccc(OCCCC(C)(C)C#N)c(S(=O)(=O)Cl)c1. The molecule has 0 aliphatic carbocycles. The smallest absolute Gasteiger partial charge is 0.264 e. The summed E-state index contributed by atoms with van der Waals surface area (Å²) in [5.41, 5.74) is 0.389. The van der Waals surface area contributed by atoms with E-state index >= 15 is 0 Å². The summed E-state index contributed by atoms with van der Waals surface area (Å²) < 4.78 is 28.5. The number of hydrogen-bond donors (Lipinski definition) is 0. The van der Waals surface area contributed by atoms with Crippen LogP contribution in [0.3, 0.4) is 0 Å². The van der Waals surface area contributed by atoms with E-state index < -0.39 is 14.5 Å². The van der Waals surface area contributed by atoms with Crippen molar-refractivity contribution in [3.8, 4) is 11.8 Å². The van der Waals surface area contributed by atoms with E-state index in [0.29, 0.717) is 19.4 Å². The topological polar surface area (TPSA) is 67.2 Å². The standard InChI is InChI=1S/C14H18ClNO3S/c1-11-5-6-12(13(9-11)20(15,17)18)19-8-4-7-14(2,3)10-16/h5-6,9H,4,7-8H2,1-3H3. The number of rotatable bonds is 6. The molecule has 0 heterocycles. The van der Waals surface area contributed by atoms with E-state index in [4.69, 9.17) is 20.7 Å². The van der Waals surface area contributed by atoms with Crippen LogP contribution in [0.1, 0.15) is 32.3 Å². The Labute approximate surface area is 124 Å². The molecular weight excluding hydrogens is 298 g/mol. The van der Waals surface area contributed by atoms with E-state index in [9.17, 15) is 8.42 Å². The Morgan fingerprint density at radius 3 is 2.60 bits per heavy atom. The molecule has 4 nitrogen and oxygen atoms in total. The summed E-state index contributed by atoms with van der Waals surface area (Å²) in [6.07, 6.45) is 1.34. The lowest BCUT2D eigenvalue weighted by Crippen LogP contribution is -2.10. The Kier molecular flexibility index (Phi) is 5.43. The van der Waals surface area contributed by atoms with E-state index in [1.807, 2.05) is 13.8 Å². The van der Waals surface area contributed by atoms with Gasteiger partial charge in [-0.25, -0.2) is 8.42 Å². The molecule has 0 radical (unpaired) electrons. The molecule has 0 saturated heterocycles. The highest BCUT2D eigenvalue weighted by molar-refractivity contribution is 8.13. The minimum atomic E-state index is -3.83. The van der Waals surface area contributed by atoms with Crippen molar-refractivity contribution in [3.63, 3.8) is 0 Å². The highest BCUT2D eigenvalue weighted by atomic mass is 35.7. The molecule has 0 aliphatic heterocycles. The van der Waals surface area contributed by atoms with Gasteiger partial charge in [-0.15, -0.1) is 0 Å². The zero-order valence-corrected chi connectivity index (χ0v) is 13.4. The van der Waals surface area contributed by atoms with E-state index in [1.54, 1.807) is 19.1 Å². The van der Waals surface area contributed by atoms with Crippen LogP contribution >= 0.6 is 10.7 Å². The number of halogens is 1. The van der Waals surface area contributed by atoms with Crippen LogP contribution < -0.4 is 4.74 Å². The van der Waals surface area contributed by atoms with Crippen LogP contribution in [-0.4, -0.2) is 15.0 Å². The summed E-state index contributed by atoms with van der Waals surface area (Å²) in [6, 6.07) is 7.05. The Bertz CT molecular complexity index is 618. The van der Waals surface area contributed by atoms with Gasteiger partial charge in [-0.05, 0) is 51.3 Å². The number of ether oxygens (including phenoxy) is 1. The first-order valence-corrected chi connectivity index (χ1v) is 8.56. The molecule has 0 amide bonds. The second-order valence-corrected chi connectivity index (χ2v) is 7.87. The molecule has 6 heteroatoms. The fourth-order valence-electron chi connectivity index (χ4n) is 1.68. The molecule has 110 valence electrons. The van der Waals surface area contributed by atoms with Crippen LogP contribution in [0.15, 0.2) is 23.1 Å². The lowest BCUT2D eigenvalue weighted by atomic mass is 9.90. The predicted molar refractivity (Wildman–Crippen MR) is 78.3 cm³/mol. The first-order valence-electron chi connectivity index (χ1n) is 6.25. The summed E-state index contributed by atoms with van der Waals surface area (Å²) in [7, 11) is 1.56. The molecule has 0 fully saturated rings. The minimum Gasteiger partial charge on any atom is -0.492 e. The van der Waals surface area contributed by atoms with Gasteiger partial charge in [0, 0.05) is 10.7 Å². The van der Waals surface area contributed by atoms with Crippen LogP contribution in [0.25, 0.3) is 0 Å². The van der Waals surface area contributed by atoms with Gasteiger partial charge >= 0.3 is 0 Å². The van der Waals surface area contributed by atoms with Gasteiger partial charge in [-0.3, -0.25) is 0 Å². The second-order valence-electron chi connectivity index (χ2n) is 5.34. The Balaban J connectivity index is 2.73. The number of aryl methyl sites for hydroxylation is 1. The third kappa shape index (κ3) is 5.03. The molecule has 0 atom stereocenters. The fourth-order valence-corrected chi connectivity index (χ4v) is 2.73. The van der Waals surface area contributed by atoms with Crippen molar-refractivity contribution in [1.29, 1.82) is 5.26 Å². The van der Waals surface area contributed by atoms with Crippen molar-refractivity contribution in [3.05, 3.63) is 23.8 Å². The molecule has 1 rings (SSSR count). The Hall–Kier alpha value is -1.25. The molecule has 0 unspecified atom stereocenters. The summed E-state index contributed by atoms with van der Waals surface area (Å²) in [6.45, 7) is 5.83. The number of nitriles is 1. The van der Waals surface area contributed by atoms with Crippen molar-refractivity contribution in [2.24, 2.45) is 5.41 Å². The summed E-state index contributed by atoms with van der Waals surface area (Å²) in [4.78, 5) is -0.0151. The monoisotopic (exact) mass is 315 g/mol. The molecule has 0 aromatic heterocycles. The largest absolute Gasteiger partial charge is 0.492 e. The molecule has 0 spiro atoms. The summed E-state index contributed by atoms with van der Waals surface area (Å²) in [5.74, 6) is 0.250. The average molecular weight is 316 g/mol. The van der Waals surface area contributed by atoms with E-state index in [2.05, 4.69) is 6.07 Å². The number of hydrogen-bond acceptors (Lipinski definition) is 4. The molecule has 0 aliphatic rings. The summed E-state index contributed by atoms with van der Waals surface area (Å²) >= 11 is 0. The lowest BCUT2D eigenvalue weighted by molar-refractivity contribution is 0.278. The van der Waals surface area contributed by atoms with Crippen molar-refractivity contribution in [2.75, 3.05) is 6.61 Å². The lowest BCUT2D eigenvalue weighted by Gasteiger charge is -2.15. The zero-order valence-electron chi connectivity index (χ0n) is 11.8. The molecule has 1 aromatic rings. The normalized spacial score (nSPS) is 11.9. The second kappa shape index (κ2) is 6.47. The van der Waals surface area contributed by atoms with Gasteiger partial charge in [0.15, 0.2) is 0 Å². The molecule has 1 aromatic carbocycles. The molecular formula is C14H18ClNO3S. The molecule has 0 bridgehead atoms. The van der Waals surface area contributed by atoms with Crippen molar-refractivity contribution < 1.29 is 13.2 Å². The van der Waals surface area contributed by atoms with Gasteiger partial charge in [0.25, 0.3) is 9.05 Å². The molecule has 0 saturated carbocycles. The molecule has 0 N–H and O–H groups in total. The quantitative estimate of drug-likeness (QED) is 0.594. The maximum atomic E-state index is 11.5. The molecule has 20 heavy (non-hydrogen) atoms. The zero-order chi connectivity index (χ0) is 15.4. The number of nitrogens with zero attached hydrogens (tertiary/aromatic N) is 1. The first kappa shape index (κ1) is 16.8. The Morgan fingerprint density at radius 1 is 1.40 bits per heavy atom. The Morgan fingerprint density at radius 2 is 2.05 bits per heavy atom. The van der Waals surface area contributed by atoms with Crippen LogP contribution in [0.5, 0.6) is 5.75 Å². The van der Waals surface area contributed by atoms with Crippen molar-refractivity contribution >= 4 is 19.7 Å². The van der Waals surface area contributed by atoms with Gasteiger partial charge in [0.1, 0.15) is 10.6 Å². The fraction of sp³-hybridized carbons (Fsp3) is 0.500. The van der Waals surface area contributed by atoms with Crippen LogP contribution in [0.4, 0.5) is 0 Å². The number of benzene rings is 1. The van der Waals surface area contributed by atoms with Crippen LogP contribution in [0.2, 0.25) is 0 Å². The van der Waals surface area contributed by atoms with Gasteiger partial charge in [-0.2, -0.15) is 5.26 Å². The van der Waals surface area contributed by atoms with E-state index in [1.165, 1.54) is 6.07 Å². The highest BCUT2D eigenvalue weighted by Gasteiger charge is 2.18. The predicted octanol–water partition coefficient (Wildman–Crippen LogP) is 3.63. The van der Waals surface area contributed by atoms with Crippen molar-refractivity contribution in [2.45, 2.75) is 38.5 Å². The summed E-state index contributed by atoms with van der Waals surface area (Å²) in [5, 5.41) is 8.90. The third-order valence-electron chi connectivity index (χ3n) is 2.87. The third-order valence-corrected chi connectivity index (χ3v) is 4.21. The first-order chi connectivity index (χ1) is 9.15. The van der Waals surface area contributed by atoms with Crippen LogP contribution in [0, 0.1) is 23.7 Å². The maximum Gasteiger partial charge on any atom is 0.264 e. The van der Waals surface area contributed by atoms with E-state index in [0.717, 1.165) is 5.56 Å².